The van der Waals surface area contributed by atoms with Crippen molar-refractivity contribution in [1.82, 2.24) is 9.97 Å². The summed E-state index contributed by atoms with van der Waals surface area (Å²) in [4.78, 5) is 33.2. The summed E-state index contributed by atoms with van der Waals surface area (Å²) >= 11 is 0. The number of nitrogens with zero attached hydrogens (tertiary/aromatic N) is 2. The number of anilines is 1. The van der Waals surface area contributed by atoms with Crippen LogP contribution in [0.1, 0.15) is 41.6 Å². The molecule has 1 fully saturated rings. The molecule has 1 saturated carbocycles. The van der Waals surface area contributed by atoms with E-state index in [1.807, 2.05) is 30.3 Å². The normalized spacial score (nSPS) is 25.0. The fourth-order valence-electron chi connectivity index (χ4n) is 4.19. The number of benzene rings is 1. The Morgan fingerprint density at radius 2 is 1.87 bits per heavy atom. The van der Waals surface area contributed by atoms with Crippen LogP contribution in [0.25, 0.3) is 11.3 Å². The Kier molecular flexibility index (Phi) is 4.18. The maximum atomic E-state index is 12.8. The first-order valence-electron chi connectivity index (χ1n) is 9.72. The summed E-state index contributed by atoms with van der Waals surface area (Å²) in [7, 11) is 0. The van der Waals surface area contributed by atoms with Crippen molar-refractivity contribution in [2.45, 2.75) is 36.9 Å². The molecule has 3 heterocycles. The third-order valence-corrected chi connectivity index (χ3v) is 5.92. The standard InChI is InChI=1S/C22H19N3O5/c26-18-15-12-23-11-6-16(15)22(30-18)9-7-21(28,8-10-22)19(27)25-20-24-17(13-29-20)14-4-2-1-3-5-14/h1-6,11-13,28H,7-10H2,(H,24,25,27). The zero-order valence-electron chi connectivity index (χ0n) is 16.0. The monoisotopic (exact) mass is 405 g/mol. The van der Waals surface area contributed by atoms with E-state index in [4.69, 9.17) is 9.15 Å². The second-order valence-electron chi connectivity index (χ2n) is 7.69. The van der Waals surface area contributed by atoms with Crippen LogP contribution in [-0.2, 0) is 15.1 Å². The van der Waals surface area contributed by atoms with Gasteiger partial charge in [0.1, 0.15) is 23.2 Å². The van der Waals surface area contributed by atoms with Crippen LogP contribution in [0, 0.1) is 0 Å². The lowest BCUT2D eigenvalue weighted by molar-refractivity contribution is -0.144. The average Bonchev–Trinajstić information content (AvgIpc) is 3.35. The highest BCUT2D eigenvalue weighted by Crippen LogP contribution is 2.49. The van der Waals surface area contributed by atoms with Gasteiger partial charge < -0.3 is 14.3 Å². The summed E-state index contributed by atoms with van der Waals surface area (Å²) in [6.07, 6.45) is 5.50. The highest BCUT2D eigenvalue weighted by Gasteiger charge is 2.53. The molecule has 0 radical (unpaired) electrons. The predicted molar refractivity (Wildman–Crippen MR) is 105 cm³/mol. The van der Waals surface area contributed by atoms with Crippen molar-refractivity contribution in [3.05, 3.63) is 66.2 Å². The van der Waals surface area contributed by atoms with Gasteiger partial charge in [-0.1, -0.05) is 30.3 Å². The first-order valence-corrected chi connectivity index (χ1v) is 9.72. The molecule has 8 heteroatoms. The summed E-state index contributed by atoms with van der Waals surface area (Å²) in [5.74, 6) is -1.00. The van der Waals surface area contributed by atoms with Gasteiger partial charge in [0.2, 0.25) is 0 Å². The summed E-state index contributed by atoms with van der Waals surface area (Å²) in [5, 5.41) is 13.5. The van der Waals surface area contributed by atoms with E-state index in [0.717, 1.165) is 11.1 Å². The number of hydrogen-bond acceptors (Lipinski definition) is 7. The van der Waals surface area contributed by atoms with E-state index in [1.54, 1.807) is 12.3 Å². The molecular formula is C22H19N3O5. The number of esters is 1. The van der Waals surface area contributed by atoms with Crippen LogP contribution in [-0.4, -0.2) is 32.6 Å². The van der Waals surface area contributed by atoms with Crippen molar-refractivity contribution in [1.29, 1.82) is 0 Å². The van der Waals surface area contributed by atoms with E-state index < -0.39 is 23.1 Å². The highest BCUT2D eigenvalue weighted by atomic mass is 16.6. The lowest BCUT2D eigenvalue weighted by Gasteiger charge is -2.40. The number of rotatable bonds is 3. The minimum Gasteiger partial charge on any atom is -0.450 e. The molecule has 3 aromatic rings. The fraction of sp³-hybridized carbons (Fsp3) is 0.273. The van der Waals surface area contributed by atoms with Gasteiger partial charge in [-0.05, 0) is 31.7 Å². The molecular weight excluding hydrogens is 386 g/mol. The van der Waals surface area contributed by atoms with Gasteiger partial charge in [0.05, 0.1) is 5.56 Å². The van der Waals surface area contributed by atoms with Crippen molar-refractivity contribution < 1.29 is 23.8 Å². The number of pyridine rings is 1. The lowest BCUT2D eigenvalue weighted by Crippen LogP contribution is -2.49. The Hall–Kier alpha value is -3.52. The molecule has 5 rings (SSSR count). The number of aliphatic hydroxyl groups is 1. The van der Waals surface area contributed by atoms with Crippen molar-refractivity contribution >= 4 is 17.9 Å². The van der Waals surface area contributed by atoms with Gasteiger partial charge in [-0.15, -0.1) is 0 Å². The number of amides is 1. The van der Waals surface area contributed by atoms with Crippen molar-refractivity contribution in [3.63, 3.8) is 0 Å². The number of aromatic nitrogens is 2. The molecule has 8 nitrogen and oxygen atoms in total. The minimum absolute atomic E-state index is 0.0243. The van der Waals surface area contributed by atoms with Gasteiger partial charge in [0, 0.05) is 23.5 Å². The molecule has 0 bridgehead atoms. The molecule has 2 aromatic heterocycles. The van der Waals surface area contributed by atoms with Crippen LogP contribution < -0.4 is 5.32 Å². The van der Waals surface area contributed by atoms with Crippen LogP contribution in [0.3, 0.4) is 0 Å². The smallest absolute Gasteiger partial charge is 0.341 e. The van der Waals surface area contributed by atoms with Crippen molar-refractivity contribution in [3.8, 4) is 11.3 Å². The first kappa shape index (κ1) is 18.5. The Bertz CT molecular complexity index is 1120. The molecule has 2 N–H and O–H groups in total. The van der Waals surface area contributed by atoms with Crippen LogP contribution >= 0.6 is 0 Å². The minimum atomic E-state index is -1.60. The molecule has 152 valence electrons. The topological polar surface area (TPSA) is 115 Å². The number of ether oxygens (including phenoxy) is 1. The third-order valence-electron chi connectivity index (χ3n) is 5.92. The number of carbonyl (C=O) groups excluding carboxylic acids is 2. The van der Waals surface area contributed by atoms with Gasteiger partial charge in [-0.2, -0.15) is 4.98 Å². The van der Waals surface area contributed by atoms with Crippen molar-refractivity contribution in [2.24, 2.45) is 0 Å². The summed E-state index contributed by atoms with van der Waals surface area (Å²) in [5.41, 5.74) is 0.241. The molecule has 0 atom stereocenters. The van der Waals surface area contributed by atoms with E-state index >= 15 is 0 Å². The maximum Gasteiger partial charge on any atom is 0.341 e. The average molecular weight is 405 g/mol. The molecule has 1 aliphatic heterocycles. The molecule has 0 saturated heterocycles. The van der Waals surface area contributed by atoms with Gasteiger partial charge in [-0.25, -0.2) is 4.79 Å². The third kappa shape index (κ3) is 2.96. The summed E-state index contributed by atoms with van der Waals surface area (Å²) in [6, 6.07) is 11.2. The molecule has 1 aromatic carbocycles. The molecule has 1 spiro atoms. The van der Waals surface area contributed by atoms with E-state index in [1.165, 1.54) is 12.5 Å². The molecule has 0 unspecified atom stereocenters. The first-order chi connectivity index (χ1) is 14.5. The molecule has 30 heavy (non-hydrogen) atoms. The molecule has 2 aliphatic rings. The number of hydrogen-bond donors (Lipinski definition) is 2. The van der Waals surface area contributed by atoms with Gasteiger partial charge >= 0.3 is 12.0 Å². The fourth-order valence-corrected chi connectivity index (χ4v) is 4.19. The Morgan fingerprint density at radius 1 is 1.10 bits per heavy atom. The summed E-state index contributed by atoms with van der Waals surface area (Å²) in [6.45, 7) is 0. The van der Waals surface area contributed by atoms with E-state index in [0.29, 0.717) is 24.1 Å². The van der Waals surface area contributed by atoms with Crippen LogP contribution in [0.4, 0.5) is 6.01 Å². The van der Waals surface area contributed by atoms with Gasteiger partial charge in [0.15, 0.2) is 0 Å². The van der Waals surface area contributed by atoms with Crippen molar-refractivity contribution in [2.75, 3.05) is 5.32 Å². The van der Waals surface area contributed by atoms with E-state index in [9.17, 15) is 14.7 Å². The van der Waals surface area contributed by atoms with Gasteiger partial charge in [0.25, 0.3) is 5.91 Å². The number of carbonyl (C=O) groups is 2. The number of nitrogens with one attached hydrogen (secondary N) is 1. The zero-order valence-corrected chi connectivity index (χ0v) is 16.0. The van der Waals surface area contributed by atoms with Crippen LogP contribution in [0.5, 0.6) is 0 Å². The molecule has 1 aliphatic carbocycles. The second kappa shape index (κ2) is 6.77. The SMILES string of the molecule is O=C1OC2(CCC(O)(C(=O)Nc3nc(-c4ccccc4)co3)CC2)c2ccncc21. The number of fused-ring (bicyclic) bond motifs is 2. The second-order valence-corrected chi connectivity index (χ2v) is 7.69. The van der Waals surface area contributed by atoms with E-state index in [2.05, 4.69) is 15.3 Å². The van der Waals surface area contributed by atoms with Gasteiger partial charge in [-0.3, -0.25) is 15.1 Å². The highest BCUT2D eigenvalue weighted by molar-refractivity contribution is 5.96. The van der Waals surface area contributed by atoms with Crippen LogP contribution in [0.2, 0.25) is 0 Å². The van der Waals surface area contributed by atoms with E-state index in [-0.39, 0.29) is 18.9 Å². The van der Waals surface area contributed by atoms with Crippen LogP contribution in [0.15, 0.2) is 59.5 Å². The quantitative estimate of drug-likeness (QED) is 0.644. The zero-order chi connectivity index (χ0) is 20.8. The predicted octanol–water partition coefficient (Wildman–Crippen LogP) is 3.05. The lowest BCUT2D eigenvalue weighted by atomic mass is 9.72. The maximum absolute atomic E-state index is 12.8. The largest absolute Gasteiger partial charge is 0.450 e. The Balaban J connectivity index is 1.29. The Morgan fingerprint density at radius 3 is 2.63 bits per heavy atom. The number of oxazole rings is 1. The Labute approximate surface area is 171 Å². The molecule has 1 amide bonds. The summed E-state index contributed by atoms with van der Waals surface area (Å²) < 4.78 is 11.0.